The molecule has 3 rings (SSSR count). The van der Waals surface area contributed by atoms with E-state index in [1.807, 2.05) is 30.3 Å². The number of H-pyrrole nitrogens is 1. The van der Waals surface area contributed by atoms with Crippen LogP contribution >= 0.6 is 0 Å². The van der Waals surface area contributed by atoms with E-state index in [-0.39, 0.29) is 17.2 Å². The normalized spacial score (nSPS) is 11.8. The highest BCUT2D eigenvalue weighted by atomic mass is 16.2. The number of benzene rings is 1. The van der Waals surface area contributed by atoms with Gasteiger partial charge in [-0.3, -0.25) is 14.3 Å². The summed E-state index contributed by atoms with van der Waals surface area (Å²) in [5.74, 6) is -0.327. The predicted molar refractivity (Wildman–Crippen MR) is 82.5 cm³/mol. The van der Waals surface area contributed by atoms with Gasteiger partial charge in [0.25, 0.3) is 11.5 Å². The topological polar surface area (TPSA) is 79.8 Å². The largest absolute Gasteiger partial charge is 0.327 e. The zero-order valence-electron chi connectivity index (χ0n) is 11.6. The fourth-order valence-electron chi connectivity index (χ4n) is 2.21. The molecule has 1 amide bonds. The minimum Gasteiger partial charge on any atom is -0.327 e. The second-order valence-electron chi connectivity index (χ2n) is 4.70. The first-order valence-electron chi connectivity index (χ1n) is 6.78. The quantitative estimate of drug-likeness (QED) is 0.770. The predicted octanol–water partition coefficient (Wildman–Crippen LogP) is 1.80. The van der Waals surface area contributed by atoms with Crippen molar-refractivity contribution in [2.45, 2.75) is 6.04 Å². The molecule has 22 heavy (non-hydrogen) atoms. The number of nitrogens with one attached hydrogen (secondary N) is 2. The molecule has 0 fully saturated rings. The summed E-state index contributed by atoms with van der Waals surface area (Å²) in [7, 11) is 0. The maximum atomic E-state index is 12.6. The van der Waals surface area contributed by atoms with E-state index >= 15 is 0 Å². The van der Waals surface area contributed by atoms with E-state index in [1.165, 1.54) is 6.20 Å². The molecule has 2 heterocycles. The molecule has 0 spiro atoms. The molecule has 0 bridgehead atoms. The van der Waals surface area contributed by atoms with Crippen LogP contribution in [0.4, 0.5) is 5.69 Å². The van der Waals surface area contributed by atoms with Crippen molar-refractivity contribution in [1.29, 1.82) is 0 Å². The number of aromatic nitrogens is 3. The molecule has 3 aromatic rings. The zero-order chi connectivity index (χ0) is 15.4. The smallest absolute Gasteiger partial charge is 0.271 e. The maximum Gasteiger partial charge on any atom is 0.271 e. The number of carbonyl (C=O) groups is 1. The Hall–Kier alpha value is -3.15. The average Bonchev–Trinajstić information content (AvgIpc) is 3.05. The summed E-state index contributed by atoms with van der Waals surface area (Å²) in [6, 6.07) is 13.6. The van der Waals surface area contributed by atoms with Crippen LogP contribution in [0.3, 0.4) is 0 Å². The van der Waals surface area contributed by atoms with Gasteiger partial charge in [0, 0.05) is 18.6 Å². The van der Waals surface area contributed by atoms with Crippen LogP contribution in [0.15, 0.2) is 71.9 Å². The van der Waals surface area contributed by atoms with E-state index in [0.717, 1.165) is 5.56 Å². The van der Waals surface area contributed by atoms with Crippen molar-refractivity contribution >= 4 is 11.6 Å². The van der Waals surface area contributed by atoms with Gasteiger partial charge in [-0.1, -0.05) is 30.3 Å². The Morgan fingerprint density at radius 3 is 2.64 bits per heavy atom. The second kappa shape index (κ2) is 6.09. The minimum atomic E-state index is -0.643. The highest BCUT2D eigenvalue weighted by molar-refractivity contribution is 5.95. The fraction of sp³-hybridized carbons (Fsp3) is 0.0625. The Bertz CT molecular complexity index is 809. The molecule has 0 radical (unpaired) electrons. The van der Waals surface area contributed by atoms with Gasteiger partial charge in [-0.25, -0.2) is 0 Å². The Kier molecular flexibility index (Phi) is 3.82. The number of carbonyl (C=O) groups excluding carboxylic acids is 1. The van der Waals surface area contributed by atoms with E-state index in [2.05, 4.69) is 15.4 Å². The first kappa shape index (κ1) is 13.8. The molecule has 6 heteroatoms. The summed E-state index contributed by atoms with van der Waals surface area (Å²) >= 11 is 0. The molecule has 2 N–H and O–H groups in total. The summed E-state index contributed by atoms with van der Waals surface area (Å²) in [6.45, 7) is 0. The lowest BCUT2D eigenvalue weighted by Crippen LogP contribution is -2.29. The number of amides is 1. The molecular formula is C16H14N4O2. The standard InChI is InChI=1S/C16H14N4O2/c21-15-13(8-4-9-17-15)19-16(22)14(20-11-5-10-18-20)12-6-2-1-3-7-12/h1-11,14H,(H,17,21)(H,19,22). The van der Waals surface area contributed by atoms with Crippen LogP contribution in [0.5, 0.6) is 0 Å². The van der Waals surface area contributed by atoms with Crippen molar-refractivity contribution in [2.24, 2.45) is 0 Å². The number of hydrogen-bond donors (Lipinski definition) is 2. The average molecular weight is 294 g/mol. The Morgan fingerprint density at radius 2 is 1.95 bits per heavy atom. The number of nitrogens with zero attached hydrogens (tertiary/aromatic N) is 2. The van der Waals surface area contributed by atoms with E-state index < -0.39 is 6.04 Å². The summed E-state index contributed by atoms with van der Waals surface area (Å²) in [6.07, 6.45) is 4.84. The third-order valence-electron chi connectivity index (χ3n) is 3.23. The third kappa shape index (κ3) is 2.80. The molecule has 0 aliphatic carbocycles. The van der Waals surface area contributed by atoms with Gasteiger partial charge in [0.1, 0.15) is 5.69 Å². The molecule has 110 valence electrons. The van der Waals surface area contributed by atoms with Gasteiger partial charge in [0.2, 0.25) is 0 Å². The van der Waals surface area contributed by atoms with Crippen molar-refractivity contribution in [3.05, 3.63) is 83.0 Å². The first-order valence-corrected chi connectivity index (χ1v) is 6.78. The van der Waals surface area contributed by atoms with Gasteiger partial charge in [-0.15, -0.1) is 0 Å². The van der Waals surface area contributed by atoms with Gasteiger partial charge < -0.3 is 10.3 Å². The van der Waals surface area contributed by atoms with Gasteiger partial charge in [0.15, 0.2) is 6.04 Å². The van der Waals surface area contributed by atoms with Crippen LogP contribution in [-0.2, 0) is 4.79 Å². The highest BCUT2D eigenvalue weighted by Crippen LogP contribution is 2.19. The lowest BCUT2D eigenvalue weighted by Gasteiger charge is -2.17. The third-order valence-corrected chi connectivity index (χ3v) is 3.23. The SMILES string of the molecule is O=C(Nc1ccc[nH]c1=O)C(c1ccccc1)n1cccn1. The van der Waals surface area contributed by atoms with Crippen molar-refractivity contribution in [3.63, 3.8) is 0 Å². The lowest BCUT2D eigenvalue weighted by atomic mass is 10.1. The molecule has 6 nitrogen and oxygen atoms in total. The molecule has 1 aromatic carbocycles. The molecular weight excluding hydrogens is 280 g/mol. The van der Waals surface area contributed by atoms with E-state index in [1.54, 1.807) is 35.3 Å². The van der Waals surface area contributed by atoms with Gasteiger partial charge in [-0.05, 0) is 23.8 Å². The molecule has 0 saturated carbocycles. The number of rotatable bonds is 4. The van der Waals surface area contributed by atoms with Crippen LogP contribution < -0.4 is 10.9 Å². The Morgan fingerprint density at radius 1 is 1.14 bits per heavy atom. The van der Waals surface area contributed by atoms with Crippen molar-refractivity contribution in [2.75, 3.05) is 5.32 Å². The van der Waals surface area contributed by atoms with E-state index in [9.17, 15) is 9.59 Å². The maximum absolute atomic E-state index is 12.6. The van der Waals surface area contributed by atoms with Crippen LogP contribution in [0.2, 0.25) is 0 Å². The molecule has 0 aliphatic heterocycles. The zero-order valence-corrected chi connectivity index (χ0v) is 11.6. The van der Waals surface area contributed by atoms with Crippen molar-refractivity contribution in [1.82, 2.24) is 14.8 Å². The molecule has 1 atom stereocenters. The summed E-state index contributed by atoms with van der Waals surface area (Å²) in [5, 5.41) is 6.80. The van der Waals surface area contributed by atoms with Crippen LogP contribution in [0.1, 0.15) is 11.6 Å². The Labute approximate surface area is 126 Å². The van der Waals surface area contributed by atoms with Crippen LogP contribution in [0.25, 0.3) is 0 Å². The van der Waals surface area contributed by atoms with Gasteiger partial charge in [0.05, 0.1) is 0 Å². The summed E-state index contributed by atoms with van der Waals surface area (Å²) in [5.41, 5.74) is 0.653. The first-order chi connectivity index (χ1) is 10.8. The van der Waals surface area contributed by atoms with Crippen LogP contribution in [-0.4, -0.2) is 20.7 Å². The summed E-state index contributed by atoms with van der Waals surface area (Å²) < 4.78 is 1.56. The van der Waals surface area contributed by atoms with Gasteiger partial charge >= 0.3 is 0 Å². The number of hydrogen-bond acceptors (Lipinski definition) is 3. The Balaban J connectivity index is 1.95. The fourth-order valence-corrected chi connectivity index (χ4v) is 2.21. The molecule has 0 saturated heterocycles. The highest BCUT2D eigenvalue weighted by Gasteiger charge is 2.23. The number of anilines is 1. The van der Waals surface area contributed by atoms with Crippen molar-refractivity contribution in [3.8, 4) is 0 Å². The molecule has 1 unspecified atom stereocenters. The number of pyridine rings is 1. The second-order valence-corrected chi connectivity index (χ2v) is 4.70. The monoisotopic (exact) mass is 294 g/mol. The minimum absolute atomic E-state index is 0.209. The van der Waals surface area contributed by atoms with E-state index in [0.29, 0.717) is 0 Å². The molecule has 0 aliphatic rings. The molecule has 2 aromatic heterocycles. The van der Waals surface area contributed by atoms with Gasteiger partial charge in [-0.2, -0.15) is 5.10 Å². The number of aromatic amines is 1. The summed E-state index contributed by atoms with van der Waals surface area (Å²) in [4.78, 5) is 26.9. The van der Waals surface area contributed by atoms with Crippen molar-refractivity contribution < 1.29 is 4.79 Å². The van der Waals surface area contributed by atoms with Crippen LogP contribution in [0, 0.1) is 0 Å². The lowest BCUT2D eigenvalue weighted by molar-refractivity contribution is -0.118. The van der Waals surface area contributed by atoms with E-state index in [4.69, 9.17) is 0 Å².